The monoisotopic (exact) mass is 855 g/mol. The molecule has 5 atom stereocenters. The highest BCUT2D eigenvalue weighted by Gasteiger charge is 2.49. The lowest BCUT2D eigenvalue weighted by atomic mass is 9.92. The number of ether oxygens (including phenoxy) is 6. The molecule has 1 saturated heterocycles. The predicted octanol–water partition coefficient (Wildman–Crippen LogP) is 8.24. The summed E-state index contributed by atoms with van der Waals surface area (Å²) in [4.78, 5) is 64.4. The standard InChI is InChI=1S/C51H53NO11/c1-31-26-38-12-6-7-13-41(38)40(31)24-25-52(51(57)60-29-46-44-16-10-8-14-42(44)43-15-9-11-17-45(43)46)27-37-20-18-36(19-21-37)22-23-39(56)28-59-50-32(2)48(61-34(4)54)49(62-35(5)55)47(63-50)30-58-33(3)53/h6-23,32,46-50H,24-30H2,1-5H3/b23-22+/t32-,47-,48-,49+,50-/m1/s1. The van der Waals surface area contributed by atoms with Gasteiger partial charge in [0.2, 0.25) is 0 Å². The Labute approximate surface area is 367 Å². The maximum absolute atomic E-state index is 14.1. The SMILES string of the molecule is CC(=O)OC[C@H]1O[C@@H](OCC(=O)/C=C/c2ccc(CN(CCC3=C(C)Cc4ccccc43)C(=O)OCC3c4ccccc4-c4ccccc43)cc2)[C@H](C)[C@@H](OC(C)=O)[C@H]1OC(C)=O. The number of rotatable bonds is 16. The van der Waals surface area contributed by atoms with E-state index in [1.807, 2.05) is 48.5 Å². The van der Waals surface area contributed by atoms with Crippen LogP contribution in [0.15, 0.2) is 109 Å². The van der Waals surface area contributed by atoms with E-state index in [9.17, 15) is 24.0 Å². The molecule has 63 heavy (non-hydrogen) atoms. The Balaban J connectivity index is 0.998. The minimum absolute atomic E-state index is 0.0609. The zero-order chi connectivity index (χ0) is 44.6. The van der Waals surface area contributed by atoms with Gasteiger partial charge in [-0.2, -0.15) is 0 Å². The van der Waals surface area contributed by atoms with Gasteiger partial charge in [-0.05, 0) is 75.9 Å². The van der Waals surface area contributed by atoms with Crippen LogP contribution in [0.25, 0.3) is 22.8 Å². The number of allylic oxidation sites excluding steroid dienone is 1. The van der Waals surface area contributed by atoms with Crippen molar-refractivity contribution in [3.63, 3.8) is 0 Å². The molecule has 7 rings (SSSR count). The van der Waals surface area contributed by atoms with Crippen molar-refractivity contribution < 1.29 is 52.4 Å². The highest BCUT2D eigenvalue weighted by atomic mass is 16.7. The highest BCUT2D eigenvalue weighted by molar-refractivity contribution is 5.94. The first-order valence-corrected chi connectivity index (χ1v) is 21.3. The van der Waals surface area contributed by atoms with Crippen molar-refractivity contribution >= 4 is 41.4 Å². The van der Waals surface area contributed by atoms with Gasteiger partial charge in [0.25, 0.3) is 0 Å². The summed E-state index contributed by atoms with van der Waals surface area (Å²) >= 11 is 0. The van der Waals surface area contributed by atoms with Gasteiger partial charge in [0.15, 0.2) is 18.2 Å². The number of ketones is 1. The smallest absolute Gasteiger partial charge is 0.410 e. The predicted molar refractivity (Wildman–Crippen MR) is 235 cm³/mol. The minimum Gasteiger partial charge on any atom is -0.463 e. The van der Waals surface area contributed by atoms with E-state index in [1.165, 1.54) is 60.2 Å². The molecule has 0 N–H and O–H groups in total. The number of hydrogen-bond donors (Lipinski definition) is 0. The molecule has 0 spiro atoms. The second-order valence-corrected chi connectivity index (χ2v) is 16.3. The van der Waals surface area contributed by atoms with Gasteiger partial charge in [-0.25, -0.2) is 4.79 Å². The summed E-state index contributed by atoms with van der Waals surface area (Å²) in [6.45, 7) is 7.84. The number of carbonyl (C=O) groups excluding carboxylic acids is 5. The summed E-state index contributed by atoms with van der Waals surface area (Å²) in [6.07, 6.45) is 0.126. The van der Waals surface area contributed by atoms with E-state index >= 15 is 0 Å². The Bertz CT molecular complexity index is 2360. The molecule has 0 radical (unpaired) electrons. The Morgan fingerprint density at radius 1 is 0.730 bits per heavy atom. The maximum Gasteiger partial charge on any atom is 0.410 e. The second-order valence-electron chi connectivity index (χ2n) is 16.3. The van der Waals surface area contributed by atoms with Crippen LogP contribution >= 0.6 is 0 Å². The van der Waals surface area contributed by atoms with Crippen LogP contribution in [-0.4, -0.2) is 85.7 Å². The molecule has 2 aliphatic carbocycles. The third-order valence-electron chi connectivity index (χ3n) is 11.7. The summed E-state index contributed by atoms with van der Waals surface area (Å²) in [5, 5.41) is 0. The minimum atomic E-state index is -1.07. The lowest BCUT2D eigenvalue weighted by Gasteiger charge is -2.43. The third kappa shape index (κ3) is 10.8. The molecule has 3 aliphatic rings. The van der Waals surface area contributed by atoms with Crippen molar-refractivity contribution in [1.82, 2.24) is 4.90 Å². The van der Waals surface area contributed by atoms with Crippen LogP contribution in [0.4, 0.5) is 4.79 Å². The van der Waals surface area contributed by atoms with Gasteiger partial charge >= 0.3 is 24.0 Å². The molecule has 1 amide bonds. The van der Waals surface area contributed by atoms with Crippen molar-refractivity contribution in [2.45, 2.75) is 84.5 Å². The van der Waals surface area contributed by atoms with Crippen LogP contribution in [0, 0.1) is 5.92 Å². The number of amides is 1. The largest absolute Gasteiger partial charge is 0.463 e. The Kier molecular flexibility index (Phi) is 14.3. The molecular formula is C51H53NO11. The van der Waals surface area contributed by atoms with Gasteiger partial charge in [0, 0.05) is 45.7 Å². The van der Waals surface area contributed by atoms with Crippen LogP contribution < -0.4 is 0 Å². The van der Waals surface area contributed by atoms with Gasteiger partial charge in [0.05, 0.1) is 0 Å². The number of fused-ring (bicyclic) bond motifs is 4. The van der Waals surface area contributed by atoms with E-state index in [1.54, 1.807) is 17.9 Å². The fraction of sp³-hybridized carbons (Fsp3) is 0.353. The van der Waals surface area contributed by atoms with Gasteiger partial charge in [-0.1, -0.05) is 116 Å². The number of benzene rings is 4. The quantitative estimate of drug-likeness (QED) is 0.0611. The van der Waals surface area contributed by atoms with Gasteiger partial charge in [-0.3, -0.25) is 19.2 Å². The molecule has 0 unspecified atom stereocenters. The molecule has 328 valence electrons. The zero-order valence-electron chi connectivity index (χ0n) is 36.2. The fourth-order valence-corrected chi connectivity index (χ4v) is 8.73. The molecule has 0 saturated carbocycles. The van der Waals surface area contributed by atoms with Gasteiger partial charge in [0.1, 0.15) is 32.0 Å². The van der Waals surface area contributed by atoms with E-state index in [0.29, 0.717) is 19.5 Å². The van der Waals surface area contributed by atoms with Crippen LogP contribution in [0.3, 0.4) is 0 Å². The van der Waals surface area contributed by atoms with Crippen molar-refractivity contribution in [3.05, 3.63) is 142 Å². The molecule has 0 aromatic heterocycles. The average Bonchev–Trinajstić information content (AvgIpc) is 3.77. The van der Waals surface area contributed by atoms with E-state index in [4.69, 9.17) is 28.4 Å². The molecule has 1 heterocycles. The fourth-order valence-electron chi connectivity index (χ4n) is 8.73. The molecule has 4 aromatic rings. The van der Waals surface area contributed by atoms with Crippen LogP contribution in [0.1, 0.15) is 80.3 Å². The van der Waals surface area contributed by atoms with Crippen molar-refractivity contribution in [2.24, 2.45) is 5.92 Å². The summed E-state index contributed by atoms with van der Waals surface area (Å²) < 4.78 is 34.1. The van der Waals surface area contributed by atoms with Crippen LogP contribution in [0.5, 0.6) is 0 Å². The number of hydrogen-bond acceptors (Lipinski definition) is 11. The molecular weight excluding hydrogens is 803 g/mol. The molecule has 4 aromatic carbocycles. The molecule has 1 aliphatic heterocycles. The molecule has 1 fully saturated rings. The summed E-state index contributed by atoms with van der Waals surface area (Å²) in [5.41, 5.74) is 11.4. The van der Waals surface area contributed by atoms with Gasteiger partial charge in [-0.15, -0.1) is 0 Å². The lowest BCUT2D eigenvalue weighted by molar-refractivity contribution is -0.286. The maximum atomic E-state index is 14.1. The van der Waals surface area contributed by atoms with Crippen LogP contribution in [-0.2, 0) is 60.6 Å². The summed E-state index contributed by atoms with van der Waals surface area (Å²) in [7, 11) is 0. The van der Waals surface area contributed by atoms with Gasteiger partial charge < -0.3 is 33.3 Å². The number of esters is 3. The van der Waals surface area contributed by atoms with Crippen molar-refractivity contribution in [1.29, 1.82) is 0 Å². The van der Waals surface area contributed by atoms with E-state index in [2.05, 4.69) is 55.5 Å². The van der Waals surface area contributed by atoms with Crippen LogP contribution in [0.2, 0.25) is 0 Å². The Morgan fingerprint density at radius 3 is 2.00 bits per heavy atom. The molecule has 0 bridgehead atoms. The first-order chi connectivity index (χ1) is 30.4. The molecule has 12 nitrogen and oxygen atoms in total. The van der Waals surface area contributed by atoms with E-state index in [0.717, 1.165) is 28.7 Å². The van der Waals surface area contributed by atoms with Crippen molar-refractivity contribution in [3.8, 4) is 11.1 Å². The first kappa shape index (κ1) is 44.7. The van der Waals surface area contributed by atoms with E-state index in [-0.39, 0.29) is 37.6 Å². The lowest BCUT2D eigenvalue weighted by Crippen LogP contribution is -2.58. The van der Waals surface area contributed by atoms with Crippen molar-refractivity contribution in [2.75, 3.05) is 26.4 Å². The Hall–Kier alpha value is -6.37. The zero-order valence-corrected chi connectivity index (χ0v) is 36.2. The topological polar surface area (TPSA) is 144 Å². The molecule has 12 heteroatoms. The second kappa shape index (κ2) is 20.2. The normalized spacial score (nSPS) is 20.1. The van der Waals surface area contributed by atoms with E-state index < -0.39 is 48.4 Å². The Morgan fingerprint density at radius 2 is 1.35 bits per heavy atom. The summed E-state index contributed by atoms with van der Waals surface area (Å²) in [6, 6.07) is 32.6. The first-order valence-electron chi connectivity index (χ1n) is 21.3. The average molecular weight is 856 g/mol. The number of nitrogens with zero attached hydrogens (tertiary/aromatic N) is 1. The third-order valence-corrected chi connectivity index (χ3v) is 11.7. The number of carbonyl (C=O) groups is 5. The highest BCUT2D eigenvalue weighted by Crippen LogP contribution is 2.44. The summed E-state index contributed by atoms with van der Waals surface area (Å²) in [5.74, 6) is -2.92.